The van der Waals surface area contributed by atoms with Gasteiger partial charge in [0.2, 0.25) is 0 Å². The fourth-order valence-corrected chi connectivity index (χ4v) is 3.50. The molecule has 1 aromatic heterocycles. The molecule has 0 amide bonds. The number of nitrogen functional groups attached to an aromatic ring is 1. The Kier molecular flexibility index (Phi) is 2.12. The van der Waals surface area contributed by atoms with Crippen LogP contribution in [0.25, 0.3) is 43.4 Å². The van der Waals surface area contributed by atoms with Gasteiger partial charge in [-0.3, -0.25) is 4.68 Å². The zero-order valence-electron chi connectivity index (χ0n) is 12.0. The molecule has 0 bridgehead atoms. The minimum atomic E-state index is 1.07. The Balaban J connectivity index is 2.09. The number of hydrogen-bond donors (Lipinski definition) is 1. The summed E-state index contributed by atoms with van der Waals surface area (Å²) in [5, 5.41) is 7.30. The molecule has 2 heteroatoms. The summed E-state index contributed by atoms with van der Waals surface area (Å²) < 4.78 is 1.83. The maximum Gasteiger partial charge on any atom is 0.0781 e. The van der Waals surface area contributed by atoms with Crippen LogP contribution in [0, 0.1) is 0 Å². The molecule has 0 fully saturated rings. The van der Waals surface area contributed by atoms with Gasteiger partial charge in [0.25, 0.3) is 0 Å². The van der Waals surface area contributed by atoms with E-state index in [1.165, 1.54) is 32.3 Å². The smallest absolute Gasteiger partial charge is 0.0781 e. The van der Waals surface area contributed by atoms with Gasteiger partial charge in [-0.25, -0.2) is 0 Å². The highest BCUT2D eigenvalue weighted by molar-refractivity contribution is 6.19. The van der Waals surface area contributed by atoms with Crippen LogP contribution in [-0.4, -0.2) is 4.68 Å². The Morgan fingerprint density at radius 2 is 1.27 bits per heavy atom. The Morgan fingerprint density at radius 1 is 0.591 bits per heavy atom. The summed E-state index contributed by atoms with van der Waals surface area (Å²) in [5.41, 5.74) is 2.17. The van der Waals surface area contributed by atoms with Crippen molar-refractivity contribution in [3.05, 3.63) is 72.8 Å². The Morgan fingerprint density at radius 3 is 2.09 bits per heavy atom. The van der Waals surface area contributed by atoms with Crippen LogP contribution in [0.4, 0.5) is 0 Å². The van der Waals surface area contributed by atoms with Crippen molar-refractivity contribution in [1.29, 1.82) is 0 Å². The number of aromatic nitrogens is 1. The largest absolute Gasteiger partial charge is 0.339 e. The van der Waals surface area contributed by atoms with Crippen LogP contribution in [0.5, 0.6) is 0 Å². The van der Waals surface area contributed by atoms with E-state index in [9.17, 15) is 0 Å². The van der Waals surface area contributed by atoms with Crippen LogP contribution in [-0.2, 0) is 0 Å². The van der Waals surface area contributed by atoms with Crippen molar-refractivity contribution in [2.24, 2.45) is 0 Å². The zero-order chi connectivity index (χ0) is 14.7. The van der Waals surface area contributed by atoms with E-state index in [0.717, 1.165) is 11.0 Å². The number of hydrogen-bond acceptors (Lipinski definition) is 1. The molecule has 0 unspecified atom stereocenters. The number of benzene rings is 4. The molecule has 104 valence electrons. The summed E-state index contributed by atoms with van der Waals surface area (Å²) >= 11 is 0. The molecule has 0 aliphatic rings. The molecule has 5 rings (SSSR count). The standard InChI is InChI=1S/C20H14N2/c21-22-19-12-15-7-2-1-6-14(15)11-18(19)17-10-9-13-5-3-4-8-16(13)20(17)22/h1-12H,21H2. The number of rotatable bonds is 0. The topological polar surface area (TPSA) is 30.9 Å². The van der Waals surface area contributed by atoms with Gasteiger partial charge in [0.15, 0.2) is 0 Å². The molecule has 0 saturated heterocycles. The maximum absolute atomic E-state index is 6.45. The zero-order valence-corrected chi connectivity index (χ0v) is 12.0. The van der Waals surface area contributed by atoms with Gasteiger partial charge < -0.3 is 5.84 Å². The van der Waals surface area contributed by atoms with Gasteiger partial charge in [-0.2, -0.15) is 0 Å². The summed E-state index contributed by atoms with van der Waals surface area (Å²) in [6.07, 6.45) is 0. The van der Waals surface area contributed by atoms with E-state index in [4.69, 9.17) is 5.84 Å². The first-order valence-corrected chi connectivity index (χ1v) is 7.43. The SMILES string of the molecule is Nn1c2cc3ccccc3cc2c2ccc3ccccc3c21. The fourth-order valence-electron chi connectivity index (χ4n) is 3.50. The van der Waals surface area contributed by atoms with E-state index >= 15 is 0 Å². The van der Waals surface area contributed by atoms with Crippen LogP contribution in [0.15, 0.2) is 72.8 Å². The molecule has 0 radical (unpaired) electrons. The lowest BCUT2D eigenvalue weighted by atomic mass is 10.0. The van der Waals surface area contributed by atoms with Gasteiger partial charge in [0.05, 0.1) is 11.0 Å². The predicted molar refractivity (Wildman–Crippen MR) is 94.6 cm³/mol. The van der Waals surface area contributed by atoms with Crippen molar-refractivity contribution in [3.8, 4) is 0 Å². The fraction of sp³-hybridized carbons (Fsp3) is 0. The summed E-state index contributed by atoms with van der Waals surface area (Å²) in [6, 6.07) is 25.6. The van der Waals surface area contributed by atoms with E-state index in [-0.39, 0.29) is 0 Å². The van der Waals surface area contributed by atoms with Crippen LogP contribution in [0.2, 0.25) is 0 Å². The molecule has 0 spiro atoms. The maximum atomic E-state index is 6.45. The van der Waals surface area contributed by atoms with E-state index in [2.05, 4.69) is 72.8 Å². The molecule has 0 aliphatic carbocycles. The first-order chi connectivity index (χ1) is 10.8. The van der Waals surface area contributed by atoms with Gasteiger partial charge >= 0.3 is 0 Å². The molecule has 0 atom stereocenters. The van der Waals surface area contributed by atoms with Crippen LogP contribution < -0.4 is 5.84 Å². The summed E-state index contributed by atoms with van der Waals surface area (Å²) in [6.45, 7) is 0. The second kappa shape index (κ2) is 4.01. The van der Waals surface area contributed by atoms with Crippen LogP contribution in [0.1, 0.15) is 0 Å². The molecule has 2 nitrogen and oxygen atoms in total. The van der Waals surface area contributed by atoms with Crippen molar-refractivity contribution < 1.29 is 0 Å². The van der Waals surface area contributed by atoms with E-state index in [1.807, 2.05) is 4.68 Å². The molecule has 0 aliphatic heterocycles. The van der Waals surface area contributed by atoms with Crippen molar-refractivity contribution in [1.82, 2.24) is 4.68 Å². The highest BCUT2D eigenvalue weighted by Crippen LogP contribution is 2.34. The molecule has 4 aromatic carbocycles. The predicted octanol–water partition coefficient (Wildman–Crippen LogP) is 4.81. The highest BCUT2D eigenvalue weighted by atomic mass is 15.3. The first kappa shape index (κ1) is 11.6. The summed E-state index contributed by atoms with van der Waals surface area (Å²) in [4.78, 5) is 0. The average molecular weight is 282 g/mol. The van der Waals surface area contributed by atoms with Gasteiger partial charge in [-0.15, -0.1) is 0 Å². The Bertz CT molecular complexity index is 1180. The van der Waals surface area contributed by atoms with E-state index < -0.39 is 0 Å². The minimum Gasteiger partial charge on any atom is -0.339 e. The van der Waals surface area contributed by atoms with E-state index in [1.54, 1.807) is 0 Å². The lowest BCUT2D eigenvalue weighted by Gasteiger charge is -2.03. The van der Waals surface area contributed by atoms with Gasteiger partial charge in [0.1, 0.15) is 0 Å². The third kappa shape index (κ3) is 1.39. The molecule has 5 aromatic rings. The lowest BCUT2D eigenvalue weighted by molar-refractivity contribution is 1.13. The number of fused-ring (bicyclic) bond motifs is 6. The van der Waals surface area contributed by atoms with E-state index in [0.29, 0.717) is 0 Å². The third-order valence-corrected chi connectivity index (χ3v) is 4.56. The van der Waals surface area contributed by atoms with Crippen molar-refractivity contribution >= 4 is 43.4 Å². The second-order valence-corrected chi connectivity index (χ2v) is 5.77. The minimum absolute atomic E-state index is 1.07. The van der Waals surface area contributed by atoms with Crippen LogP contribution in [0.3, 0.4) is 0 Å². The number of nitrogens with two attached hydrogens (primary N) is 1. The molecular weight excluding hydrogens is 268 g/mol. The molecule has 22 heavy (non-hydrogen) atoms. The average Bonchev–Trinajstić information content (AvgIpc) is 2.85. The molecular formula is C20H14N2. The van der Waals surface area contributed by atoms with Crippen LogP contribution >= 0.6 is 0 Å². The van der Waals surface area contributed by atoms with Crippen molar-refractivity contribution in [3.63, 3.8) is 0 Å². The molecule has 0 saturated carbocycles. The summed E-state index contributed by atoms with van der Waals surface area (Å²) in [7, 11) is 0. The molecule has 2 N–H and O–H groups in total. The quantitative estimate of drug-likeness (QED) is 0.406. The first-order valence-electron chi connectivity index (χ1n) is 7.43. The molecule has 1 heterocycles. The lowest BCUT2D eigenvalue weighted by Crippen LogP contribution is -2.07. The second-order valence-electron chi connectivity index (χ2n) is 5.77. The van der Waals surface area contributed by atoms with Gasteiger partial charge in [-0.1, -0.05) is 60.7 Å². The normalized spacial score (nSPS) is 11.8. The number of nitrogens with zero attached hydrogens (tertiary/aromatic N) is 1. The van der Waals surface area contributed by atoms with Gasteiger partial charge in [-0.05, 0) is 28.3 Å². The van der Waals surface area contributed by atoms with Crippen molar-refractivity contribution in [2.45, 2.75) is 0 Å². The highest BCUT2D eigenvalue weighted by Gasteiger charge is 2.12. The van der Waals surface area contributed by atoms with Crippen molar-refractivity contribution in [2.75, 3.05) is 5.84 Å². The Labute approximate surface area is 127 Å². The third-order valence-electron chi connectivity index (χ3n) is 4.56. The van der Waals surface area contributed by atoms with Gasteiger partial charge in [0, 0.05) is 16.2 Å². The monoisotopic (exact) mass is 282 g/mol. The summed E-state index contributed by atoms with van der Waals surface area (Å²) in [5.74, 6) is 6.45. The Hall–Kier alpha value is -3.00.